The number of piperidine rings is 1. The largest absolute Gasteiger partial charge is 0.317 e. The van der Waals surface area contributed by atoms with E-state index in [0.717, 1.165) is 48.6 Å². The molecule has 2 aromatic rings. The lowest BCUT2D eigenvalue weighted by Gasteiger charge is -2.25. The van der Waals surface area contributed by atoms with E-state index >= 15 is 0 Å². The summed E-state index contributed by atoms with van der Waals surface area (Å²) >= 11 is 0. The van der Waals surface area contributed by atoms with Crippen molar-refractivity contribution in [2.45, 2.75) is 19.3 Å². The molecule has 3 heteroatoms. The van der Waals surface area contributed by atoms with Crippen LogP contribution in [0.25, 0.3) is 10.8 Å². The van der Waals surface area contributed by atoms with E-state index in [0.29, 0.717) is 0 Å². The second-order valence-electron chi connectivity index (χ2n) is 6.12. The van der Waals surface area contributed by atoms with E-state index in [9.17, 15) is 4.79 Å². The fourth-order valence-electron chi connectivity index (χ4n) is 3.68. The lowest BCUT2D eigenvalue weighted by atomic mass is 9.94. The SMILES string of the molecule is O=C1c2cccc3cccc(c23)N1CCC1CCNCC1. The minimum absolute atomic E-state index is 0.177. The smallest absolute Gasteiger partial charge is 0.258 e. The maximum atomic E-state index is 12.7. The second kappa shape index (κ2) is 5.15. The molecule has 1 saturated heterocycles. The van der Waals surface area contributed by atoms with Crippen molar-refractivity contribution < 1.29 is 4.79 Å². The van der Waals surface area contributed by atoms with Gasteiger partial charge in [0.1, 0.15) is 0 Å². The molecule has 3 nitrogen and oxygen atoms in total. The number of nitrogens with zero attached hydrogens (tertiary/aromatic N) is 1. The Morgan fingerprint density at radius 2 is 1.86 bits per heavy atom. The van der Waals surface area contributed by atoms with Crippen LogP contribution in [-0.2, 0) is 0 Å². The number of nitrogens with one attached hydrogen (secondary N) is 1. The number of anilines is 1. The summed E-state index contributed by atoms with van der Waals surface area (Å²) in [4.78, 5) is 14.6. The molecule has 2 heterocycles. The van der Waals surface area contributed by atoms with Gasteiger partial charge in [-0.15, -0.1) is 0 Å². The molecule has 2 aliphatic rings. The molecule has 2 aromatic carbocycles. The van der Waals surface area contributed by atoms with Crippen LogP contribution in [0.5, 0.6) is 0 Å². The fourth-order valence-corrected chi connectivity index (χ4v) is 3.68. The molecule has 0 spiro atoms. The highest BCUT2D eigenvalue weighted by atomic mass is 16.2. The Bertz CT molecular complexity index is 683. The zero-order chi connectivity index (χ0) is 14.2. The molecule has 2 aliphatic heterocycles. The fraction of sp³-hybridized carbons (Fsp3) is 0.389. The predicted octanol–water partition coefficient (Wildman–Crippen LogP) is 3.19. The molecular weight excluding hydrogens is 260 g/mol. The first kappa shape index (κ1) is 12.8. The monoisotopic (exact) mass is 280 g/mol. The van der Waals surface area contributed by atoms with Crippen LogP contribution in [0, 0.1) is 5.92 Å². The van der Waals surface area contributed by atoms with Crippen molar-refractivity contribution in [1.82, 2.24) is 5.32 Å². The van der Waals surface area contributed by atoms with Crippen molar-refractivity contribution in [3.05, 3.63) is 42.0 Å². The van der Waals surface area contributed by atoms with Gasteiger partial charge in [0.05, 0.1) is 5.69 Å². The maximum absolute atomic E-state index is 12.7. The number of carbonyl (C=O) groups is 1. The first-order valence-electron chi connectivity index (χ1n) is 7.89. The summed E-state index contributed by atoms with van der Waals surface area (Å²) in [5.41, 5.74) is 1.97. The predicted molar refractivity (Wildman–Crippen MR) is 85.8 cm³/mol. The summed E-state index contributed by atoms with van der Waals surface area (Å²) in [5.74, 6) is 0.928. The topological polar surface area (TPSA) is 32.3 Å². The van der Waals surface area contributed by atoms with Gasteiger partial charge in [0.2, 0.25) is 0 Å². The summed E-state index contributed by atoms with van der Waals surface area (Å²) in [6, 6.07) is 12.3. The van der Waals surface area contributed by atoms with Gasteiger partial charge in [-0.1, -0.05) is 24.3 Å². The third kappa shape index (κ3) is 2.12. The van der Waals surface area contributed by atoms with E-state index in [-0.39, 0.29) is 5.91 Å². The van der Waals surface area contributed by atoms with Crippen molar-refractivity contribution in [2.75, 3.05) is 24.5 Å². The Kier molecular flexibility index (Phi) is 3.15. The third-order valence-corrected chi connectivity index (χ3v) is 4.87. The first-order valence-corrected chi connectivity index (χ1v) is 7.89. The Balaban J connectivity index is 1.60. The van der Waals surface area contributed by atoms with E-state index < -0.39 is 0 Å². The van der Waals surface area contributed by atoms with Gasteiger partial charge < -0.3 is 10.2 Å². The van der Waals surface area contributed by atoms with Crippen molar-refractivity contribution >= 4 is 22.4 Å². The van der Waals surface area contributed by atoms with Gasteiger partial charge in [0, 0.05) is 17.5 Å². The third-order valence-electron chi connectivity index (χ3n) is 4.87. The average molecular weight is 280 g/mol. The number of amides is 1. The Morgan fingerprint density at radius 3 is 2.67 bits per heavy atom. The van der Waals surface area contributed by atoms with Crippen molar-refractivity contribution in [3.8, 4) is 0 Å². The zero-order valence-corrected chi connectivity index (χ0v) is 12.1. The average Bonchev–Trinajstić information content (AvgIpc) is 2.81. The number of benzene rings is 2. The molecule has 0 atom stereocenters. The van der Waals surface area contributed by atoms with Gasteiger partial charge in [0.25, 0.3) is 5.91 Å². The van der Waals surface area contributed by atoms with Gasteiger partial charge in [-0.2, -0.15) is 0 Å². The minimum atomic E-state index is 0.177. The highest BCUT2D eigenvalue weighted by Crippen LogP contribution is 2.37. The first-order chi connectivity index (χ1) is 10.3. The molecule has 1 fully saturated rings. The summed E-state index contributed by atoms with van der Waals surface area (Å²) in [5, 5.41) is 5.70. The highest BCUT2D eigenvalue weighted by molar-refractivity contribution is 6.24. The van der Waals surface area contributed by atoms with Crippen molar-refractivity contribution in [2.24, 2.45) is 5.92 Å². The van der Waals surface area contributed by atoms with Crippen LogP contribution < -0.4 is 10.2 Å². The van der Waals surface area contributed by atoms with Crippen LogP contribution in [0.2, 0.25) is 0 Å². The molecule has 1 amide bonds. The summed E-state index contributed by atoms with van der Waals surface area (Å²) in [7, 11) is 0. The van der Waals surface area contributed by atoms with Crippen molar-refractivity contribution in [3.63, 3.8) is 0 Å². The Labute approximate surface area is 124 Å². The van der Waals surface area contributed by atoms with Gasteiger partial charge in [0.15, 0.2) is 0 Å². The quantitative estimate of drug-likeness (QED) is 0.936. The van der Waals surface area contributed by atoms with E-state index in [4.69, 9.17) is 0 Å². The number of rotatable bonds is 3. The normalized spacial score (nSPS) is 18.7. The molecule has 0 unspecified atom stereocenters. The van der Waals surface area contributed by atoms with Gasteiger partial charge >= 0.3 is 0 Å². The zero-order valence-electron chi connectivity index (χ0n) is 12.1. The number of carbonyl (C=O) groups excluding carboxylic acids is 1. The van der Waals surface area contributed by atoms with Crippen LogP contribution in [0.3, 0.4) is 0 Å². The van der Waals surface area contributed by atoms with Crippen LogP contribution in [0.1, 0.15) is 29.6 Å². The highest BCUT2D eigenvalue weighted by Gasteiger charge is 2.29. The summed E-state index contributed by atoms with van der Waals surface area (Å²) in [6.45, 7) is 3.08. The van der Waals surface area contributed by atoms with E-state index in [1.807, 2.05) is 17.0 Å². The van der Waals surface area contributed by atoms with Crippen LogP contribution in [-0.4, -0.2) is 25.5 Å². The molecule has 21 heavy (non-hydrogen) atoms. The molecule has 0 radical (unpaired) electrons. The molecule has 0 bridgehead atoms. The lowest BCUT2D eigenvalue weighted by molar-refractivity contribution is 0.0991. The molecule has 1 N–H and O–H groups in total. The Morgan fingerprint density at radius 1 is 1.10 bits per heavy atom. The summed E-state index contributed by atoms with van der Waals surface area (Å²) in [6.07, 6.45) is 3.58. The van der Waals surface area contributed by atoms with Gasteiger partial charge in [-0.25, -0.2) is 0 Å². The standard InChI is InChI=1S/C18H20N2O/c21-18-15-5-1-3-14-4-2-6-16(17(14)15)20(18)12-9-13-7-10-19-11-8-13/h1-6,13,19H,7-12H2. The molecular formula is C18H20N2O. The molecule has 0 aromatic heterocycles. The second-order valence-corrected chi connectivity index (χ2v) is 6.12. The number of hydrogen-bond acceptors (Lipinski definition) is 2. The molecule has 0 aliphatic carbocycles. The van der Waals surface area contributed by atoms with E-state index in [2.05, 4.69) is 29.6 Å². The molecule has 108 valence electrons. The van der Waals surface area contributed by atoms with E-state index in [1.54, 1.807) is 0 Å². The Hall–Kier alpha value is -1.87. The van der Waals surface area contributed by atoms with Crippen LogP contribution in [0.4, 0.5) is 5.69 Å². The minimum Gasteiger partial charge on any atom is -0.317 e. The van der Waals surface area contributed by atoms with E-state index in [1.165, 1.54) is 18.2 Å². The number of hydrogen-bond donors (Lipinski definition) is 1. The molecule has 0 saturated carbocycles. The van der Waals surface area contributed by atoms with Gasteiger partial charge in [-0.05, 0) is 55.8 Å². The maximum Gasteiger partial charge on any atom is 0.258 e. The van der Waals surface area contributed by atoms with Crippen molar-refractivity contribution in [1.29, 1.82) is 0 Å². The summed E-state index contributed by atoms with van der Waals surface area (Å²) < 4.78 is 0. The van der Waals surface area contributed by atoms with Crippen LogP contribution >= 0.6 is 0 Å². The van der Waals surface area contributed by atoms with Gasteiger partial charge in [-0.3, -0.25) is 4.79 Å². The molecule has 4 rings (SSSR count). The van der Waals surface area contributed by atoms with Crippen LogP contribution in [0.15, 0.2) is 36.4 Å². The lowest BCUT2D eigenvalue weighted by Crippen LogP contribution is -2.32.